The van der Waals surface area contributed by atoms with E-state index in [1.54, 1.807) is 6.20 Å². The summed E-state index contributed by atoms with van der Waals surface area (Å²) in [5.41, 5.74) is 2.39. The van der Waals surface area contributed by atoms with E-state index in [2.05, 4.69) is 15.5 Å². The van der Waals surface area contributed by atoms with Gasteiger partial charge in [-0.15, -0.1) is 0 Å². The SMILES string of the molecule is Cc1ccccc1NC(=O)c1cn[nH]c1. The molecule has 2 N–H and O–H groups in total. The molecule has 15 heavy (non-hydrogen) atoms. The fourth-order valence-corrected chi connectivity index (χ4v) is 1.28. The summed E-state index contributed by atoms with van der Waals surface area (Å²) >= 11 is 0. The van der Waals surface area contributed by atoms with Gasteiger partial charge in [0.25, 0.3) is 5.91 Å². The molecule has 76 valence electrons. The molecule has 0 aliphatic heterocycles. The average Bonchev–Trinajstić information content (AvgIpc) is 2.74. The van der Waals surface area contributed by atoms with Crippen LogP contribution in [0.4, 0.5) is 5.69 Å². The van der Waals surface area contributed by atoms with Crippen LogP contribution >= 0.6 is 0 Å². The maximum atomic E-state index is 11.7. The number of hydrogen-bond donors (Lipinski definition) is 2. The summed E-state index contributed by atoms with van der Waals surface area (Å²) < 4.78 is 0. The Bertz CT molecular complexity index is 462. The fraction of sp³-hybridized carbons (Fsp3) is 0.0909. The minimum Gasteiger partial charge on any atom is -0.322 e. The monoisotopic (exact) mass is 201 g/mol. The van der Waals surface area contributed by atoms with Crippen molar-refractivity contribution in [2.75, 3.05) is 5.32 Å². The summed E-state index contributed by atoms with van der Waals surface area (Å²) in [5.74, 6) is -0.155. The van der Waals surface area contributed by atoms with Gasteiger partial charge in [0.05, 0.1) is 11.8 Å². The molecule has 0 bridgehead atoms. The second kappa shape index (κ2) is 3.96. The van der Waals surface area contributed by atoms with Crippen molar-refractivity contribution in [2.24, 2.45) is 0 Å². The summed E-state index contributed by atoms with van der Waals surface area (Å²) in [6, 6.07) is 7.64. The molecule has 0 spiro atoms. The number of benzene rings is 1. The quantitative estimate of drug-likeness (QED) is 0.780. The molecule has 0 saturated heterocycles. The number of anilines is 1. The van der Waals surface area contributed by atoms with Crippen LogP contribution in [0.5, 0.6) is 0 Å². The molecule has 0 fully saturated rings. The van der Waals surface area contributed by atoms with Crippen molar-refractivity contribution in [3.05, 3.63) is 47.8 Å². The smallest absolute Gasteiger partial charge is 0.258 e. The maximum absolute atomic E-state index is 11.7. The molecular formula is C11H11N3O. The van der Waals surface area contributed by atoms with Gasteiger partial charge in [0.1, 0.15) is 0 Å². The molecule has 0 aliphatic carbocycles. The number of nitrogens with zero attached hydrogens (tertiary/aromatic N) is 1. The molecule has 0 atom stereocenters. The number of aromatic nitrogens is 2. The Morgan fingerprint density at radius 3 is 2.87 bits per heavy atom. The zero-order valence-corrected chi connectivity index (χ0v) is 8.32. The Kier molecular flexibility index (Phi) is 2.49. The normalized spacial score (nSPS) is 9.93. The first kappa shape index (κ1) is 9.45. The molecule has 2 rings (SSSR count). The molecule has 1 heterocycles. The second-order valence-electron chi connectivity index (χ2n) is 3.26. The summed E-state index contributed by atoms with van der Waals surface area (Å²) in [7, 11) is 0. The largest absolute Gasteiger partial charge is 0.322 e. The summed E-state index contributed by atoms with van der Waals surface area (Å²) in [5, 5.41) is 9.14. The highest BCUT2D eigenvalue weighted by molar-refractivity contribution is 6.04. The minimum atomic E-state index is -0.155. The van der Waals surface area contributed by atoms with Crippen LogP contribution in [0, 0.1) is 6.92 Å². The van der Waals surface area contributed by atoms with E-state index in [0.717, 1.165) is 11.3 Å². The van der Waals surface area contributed by atoms with E-state index in [9.17, 15) is 4.79 Å². The van der Waals surface area contributed by atoms with Crippen LogP contribution in [0.1, 0.15) is 15.9 Å². The van der Waals surface area contributed by atoms with Gasteiger partial charge in [-0.3, -0.25) is 9.89 Å². The first-order valence-corrected chi connectivity index (χ1v) is 4.63. The topological polar surface area (TPSA) is 57.8 Å². The maximum Gasteiger partial charge on any atom is 0.258 e. The van der Waals surface area contributed by atoms with Gasteiger partial charge in [0.15, 0.2) is 0 Å². The van der Waals surface area contributed by atoms with Gasteiger partial charge in [-0.25, -0.2) is 0 Å². The van der Waals surface area contributed by atoms with E-state index in [0.29, 0.717) is 5.56 Å². The Labute approximate surface area is 87.3 Å². The molecule has 1 aromatic heterocycles. The van der Waals surface area contributed by atoms with Crippen LogP contribution in [0.3, 0.4) is 0 Å². The number of carbonyl (C=O) groups excluding carboxylic acids is 1. The van der Waals surface area contributed by atoms with E-state index in [1.807, 2.05) is 31.2 Å². The Morgan fingerprint density at radius 1 is 1.40 bits per heavy atom. The number of hydrogen-bond acceptors (Lipinski definition) is 2. The third-order valence-electron chi connectivity index (χ3n) is 2.15. The van der Waals surface area contributed by atoms with Crippen molar-refractivity contribution in [1.82, 2.24) is 10.2 Å². The predicted octanol–water partition coefficient (Wildman–Crippen LogP) is 1.97. The first-order chi connectivity index (χ1) is 7.27. The average molecular weight is 201 g/mol. The highest BCUT2D eigenvalue weighted by Crippen LogP contribution is 2.14. The first-order valence-electron chi connectivity index (χ1n) is 4.63. The molecule has 0 saturated carbocycles. The fourth-order valence-electron chi connectivity index (χ4n) is 1.28. The third kappa shape index (κ3) is 2.04. The van der Waals surface area contributed by atoms with Crippen LogP contribution in [0.2, 0.25) is 0 Å². The summed E-state index contributed by atoms with van der Waals surface area (Å²) in [6.07, 6.45) is 3.06. The van der Waals surface area contributed by atoms with E-state index in [1.165, 1.54) is 6.20 Å². The van der Waals surface area contributed by atoms with E-state index >= 15 is 0 Å². The highest BCUT2D eigenvalue weighted by atomic mass is 16.1. The van der Waals surface area contributed by atoms with Crippen molar-refractivity contribution in [3.63, 3.8) is 0 Å². The summed E-state index contributed by atoms with van der Waals surface area (Å²) in [6.45, 7) is 1.95. The number of aromatic amines is 1. The van der Waals surface area contributed by atoms with Crippen LogP contribution in [0.25, 0.3) is 0 Å². The molecule has 2 aromatic rings. The molecule has 0 aliphatic rings. The molecule has 4 heteroatoms. The lowest BCUT2D eigenvalue weighted by Crippen LogP contribution is -2.11. The lowest BCUT2D eigenvalue weighted by Gasteiger charge is -2.06. The molecule has 1 amide bonds. The standard InChI is InChI=1S/C11H11N3O/c1-8-4-2-3-5-10(8)14-11(15)9-6-12-13-7-9/h2-7H,1H3,(H,12,13)(H,14,15). The molecule has 0 radical (unpaired) electrons. The van der Waals surface area contributed by atoms with Gasteiger partial charge < -0.3 is 5.32 Å². The minimum absolute atomic E-state index is 0.155. The lowest BCUT2D eigenvalue weighted by molar-refractivity contribution is 0.102. The Hall–Kier alpha value is -2.10. The van der Waals surface area contributed by atoms with Crippen LogP contribution < -0.4 is 5.32 Å². The van der Waals surface area contributed by atoms with Gasteiger partial charge in [-0.2, -0.15) is 5.10 Å². The summed E-state index contributed by atoms with van der Waals surface area (Å²) in [4.78, 5) is 11.7. The van der Waals surface area contributed by atoms with Crippen LogP contribution in [-0.2, 0) is 0 Å². The number of rotatable bonds is 2. The van der Waals surface area contributed by atoms with Crippen molar-refractivity contribution in [1.29, 1.82) is 0 Å². The highest BCUT2D eigenvalue weighted by Gasteiger charge is 2.07. The van der Waals surface area contributed by atoms with Gasteiger partial charge in [-0.05, 0) is 18.6 Å². The van der Waals surface area contributed by atoms with Gasteiger partial charge in [-0.1, -0.05) is 18.2 Å². The van der Waals surface area contributed by atoms with E-state index in [-0.39, 0.29) is 5.91 Å². The van der Waals surface area contributed by atoms with Crippen LogP contribution in [-0.4, -0.2) is 16.1 Å². The van der Waals surface area contributed by atoms with E-state index < -0.39 is 0 Å². The zero-order valence-electron chi connectivity index (χ0n) is 8.32. The molecular weight excluding hydrogens is 190 g/mol. The van der Waals surface area contributed by atoms with Gasteiger partial charge >= 0.3 is 0 Å². The Balaban J connectivity index is 2.17. The second-order valence-corrected chi connectivity index (χ2v) is 3.26. The third-order valence-corrected chi connectivity index (χ3v) is 2.15. The van der Waals surface area contributed by atoms with Gasteiger partial charge in [0.2, 0.25) is 0 Å². The number of nitrogens with one attached hydrogen (secondary N) is 2. The lowest BCUT2D eigenvalue weighted by atomic mass is 10.2. The Morgan fingerprint density at radius 2 is 2.20 bits per heavy atom. The number of carbonyl (C=O) groups is 1. The molecule has 4 nitrogen and oxygen atoms in total. The predicted molar refractivity (Wildman–Crippen MR) is 57.7 cm³/mol. The number of para-hydroxylation sites is 1. The van der Waals surface area contributed by atoms with E-state index in [4.69, 9.17) is 0 Å². The number of aryl methyl sites for hydroxylation is 1. The van der Waals surface area contributed by atoms with Crippen molar-refractivity contribution < 1.29 is 4.79 Å². The molecule has 1 aromatic carbocycles. The van der Waals surface area contributed by atoms with Gasteiger partial charge in [0, 0.05) is 11.9 Å². The van der Waals surface area contributed by atoms with Crippen molar-refractivity contribution in [2.45, 2.75) is 6.92 Å². The number of H-pyrrole nitrogens is 1. The van der Waals surface area contributed by atoms with Crippen molar-refractivity contribution in [3.8, 4) is 0 Å². The van der Waals surface area contributed by atoms with Crippen LogP contribution in [0.15, 0.2) is 36.7 Å². The molecule has 0 unspecified atom stereocenters. The van der Waals surface area contributed by atoms with Crippen molar-refractivity contribution >= 4 is 11.6 Å². The number of amides is 1. The zero-order chi connectivity index (χ0) is 10.7.